The Balaban J connectivity index is 1.82. The summed E-state index contributed by atoms with van der Waals surface area (Å²) in [6, 6.07) is 1.16. The SMILES string of the molecule is CCCNC(CCN1CC2CCCN2CC1C)C(=O)OC. The average molecular weight is 297 g/mol. The minimum absolute atomic E-state index is 0.129. The summed E-state index contributed by atoms with van der Waals surface area (Å²) in [5.74, 6) is -0.129. The quantitative estimate of drug-likeness (QED) is 0.713. The lowest BCUT2D eigenvalue weighted by Crippen LogP contribution is -2.55. The predicted octanol–water partition coefficient (Wildman–Crippen LogP) is 1.09. The largest absolute Gasteiger partial charge is 0.468 e. The first kappa shape index (κ1) is 16.7. The Morgan fingerprint density at radius 3 is 2.95 bits per heavy atom. The Kier molecular flexibility index (Phi) is 6.45. The average Bonchev–Trinajstić information content (AvgIpc) is 2.93. The summed E-state index contributed by atoms with van der Waals surface area (Å²) in [6.45, 7) is 9.86. The number of nitrogens with one attached hydrogen (secondary N) is 1. The minimum Gasteiger partial charge on any atom is -0.468 e. The third kappa shape index (κ3) is 4.41. The summed E-state index contributed by atoms with van der Waals surface area (Å²) in [5.41, 5.74) is 0. The molecule has 5 heteroatoms. The Labute approximate surface area is 129 Å². The van der Waals surface area contributed by atoms with Gasteiger partial charge in [0.2, 0.25) is 0 Å². The van der Waals surface area contributed by atoms with Crippen molar-refractivity contribution in [1.82, 2.24) is 15.1 Å². The zero-order chi connectivity index (χ0) is 15.2. The van der Waals surface area contributed by atoms with Crippen LogP contribution < -0.4 is 5.32 Å². The van der Waals surface area contributed by atoms with E-state index < -0.39 is 0 Å². The highest BCUT2D eigenvalue weighted by molar-refractivity contribution is 5.75. The molecular weight excluding hydrogens is 266 g/mol. The topological polar surface area (TPSA) is 44.8 Å². The van der Waals surface area contributed by atoms with Gasteiger partial charge in [0.05, 0.1) is 7.11 Å². The molecule has 0 aromatic carbocycles. The fraction of sp³-hybridized carbons (Fsp3) is 0.938. The standard InChI is InChI=1S/C16H31N3O2/c1-4-8-17-15(16(20)21-3)7-10-18-12-14-6-5-9-19(14)11-13(18)2/h13-15,17H,4-12H2,1-3H3. The summed E-state index contributed by atoms with van der Waals surface area (Å²) >= 11 is 0. The molecule has 2 heterocycles. The molecule has 2 saturated heterocycles. The van der Waals surface area contributed by atoms with Gasteiger partial charge in [-0.05, 0) is 45.7 Å². The number of hydrogen-bond donors (Lipinski definition) is 1. The van der Waals surface area contributed by atoms with Crippen molar-refractivity contribution in [3.63, 3.8) is 0 Å². The molecule has 122 valence electrons. The number of fused-ring (bicyclic) bond motifs is 1. The molecule has 2 aliphatic rings. The lowest BCUT2D eigenvalue weighted by molar-refractivity contribution is -0.143. The van der Waals surface area contributed by atoms with E-state index in [2.05, 4.69) is 29.0 Å². The van der Waals surface area contributed by atoms with Gasteiger partial charge in [-0.15, -0.1) is 0 Å². The molecule has 2 fully saturated rings. The highest BCUT2D eigenvalue weighted by Gasteiger charge is 2.34. The summed E-state index contributed by atoms with van der Waals surface area (Å²) in [4.78, 5) is 17.0. The fourth-order valence-corrected chi connectivity index (χ4v) is 3.62. The van der Waals surface area contributed by atoms with Crippen LogP contribution in [-0.4, -0.2) is 73.7 Å². The van der Waals surface area contributed by atoms with E-state index in [1.807, 2.05) is 0 Å². The van der Waals surface area contributed by atoms with E-state index in [1.165, 1.54) is 33.0 Å². The van der Waals surface area contributed by atoms with Crippen LogP contribution in [0.4, 0.5) is 0 Å². The zero-order valence-corrected chi connectivity index (χ0v) is 13.8. The number of ether oxygens (including phenoxy) is 1. The lowest BCUT2D eigenvalue weighted by atomic mass is 10.1. The monoisotopic (exact) mass is 297 g/mol. The lowest BCUT2D eigenvalue weighted by Gasteiger charge is -2.42. The molecule has 0 spiro atoms. The number of esters is 1. The second-order valence-corrected chi connectivity index (χ2v) is 6.45. The first-order valence-electron chi connectivity index (χ1n) is 8.45. The van der Waals surface area contributed by atoms with Crippen LogP contribution in [0.25, 0.3) is 0 Å². The maximum absolute atomic E-state index is 11.8. The second-order valence-electron chi connectivity index (χ2n) is 6.45. The van der Waals surface area contributed by atoms with Crippen LogP contribution in [-0.2, 0) is 9.53 Å². The van der Waals surface area contributed by atoms with Crippen LogP contribution in [0.15, 0.2) is 0 Å². The molecule has 1 N–H and O–H groups in total. The third-order valence-corrected chi connectivity index (χ3v) is 4.90. The number of nitrogens with zero attached hydrogens (tertiary/aromatic N) is 2. The van der Waals surface area contributed by atoms with E-state index in [9.17, 15) is 4.79 Å². The Bertz CT molecular complexity index is 337. The van der Waals surface area contributed by atoms with Gasteiger partial charge in [-0.3, -0.25) is 14.6 Å². The van der Waals surface area contributed by atoms with Crippen molar-refractivity contribution >= 4 is 5.97 Å². The molecule has 0 aromatic rings. The Morgan fingerprint density at radius 2 is 2.24 bits per heavy atom. The normalized spacial score (nSPS) is 28.3. The zero-order valence-electron chi connectivity index (χ0n) is 13.8. The summed E-state index contributed by atoms with van der Waals surface area (Å²) in [6.07, 6.45) is 4.54. The molecule has 21 heavy (non-hydrogen) atoms. The van der Waals surface area contributed by atoms with Crippen molar-refractivity contribution in [2.45, 2.75) is 57.7 Å². The minimum atomic E-state index is -0.163. The van der Waals surface area contributed by atoms with Crippen molar-refractivity contribution in [2.75, 3.05) is 39.8 Å². The van der Waals surface area contributed by atoms with Gasteiger partial charge in [-0.25, -0.2) is 0 Å². The Morgan fingerprint density at radius 1 is 1.43 bits per heavy atom. The van der Waals surface area contributed by atoms with Gasteiger partial charge < -0.3 is 10.1 Å². The van der Waals surface area contributed by atoms with E-state index in [4.69, 9.17) is 4.74 Å². The predicted molar refractivity (Wildman–Crippen MR) is 84.3 cm³/mol. The highest BCUT2D eigenvalue weighted by Crippen LogP contribution is 2.24. The molecular formula is C16H31N3O2. The molecule has 0 aliphatic carbocycles. The number of hydrogen-bond acceptors (Lipinski definition) is 5. The molecule has 0 saturated carbocycles. The summed E-state index contributed by atoms with van der Waals surface area (Å²) in [5, 5.41) is 3.31. The Hall–Kier alpha value is -0.650. The van der Waals surface area contributed by atoms with Crippen molar-refractivity contribution in [3.05, 3.63) is 0 Å². The van der Waals surface area contributed by atoms with Gasteiger partial charge in [0.25, 0.3) is 0 Å². The summed E-state index contributed by atoms with van der Waals surface area (Å²) in [7, 11) is 1.48. The fourth-order valence-electron chi connectivity index (χ4n) is 3.62. The van der Waals surface area contributed by atoms with Gasteiger partial charge in [-0.1, -0.05) is 6.92 Å². The van der Waals surface area contributed by atoms with Crippen LogP contribution in [0.3, 0.4) is 0 Å². The van der Waals surface area contributed by atoms with Crippen LogP contribution in [0.1, 0.15) is 39.5 Å². The van der Waals surface area contributed by atoms with Gasteiger partial charge in [0.15, 0.2) is 0 Å². The molecule has 5 nitrogen and oxygen atoms in total. The van der Waals surface area contributed by atoms with Crippen molar-refractivity contribution in [3.8, 4) is 0 Å². The number of rotatable bonds is 7. The van der Waals surface area contributed by atoms with Crippen molar-refractivity contribution in [2.24, 2.45) is 0 Å². The van der Waals surface area contributed by atoms with Crippen LogP contribution in [0.5, 0.6) is 0 Å². The molecule has 0 radical (unpaired) electrons. The molecule has 3 unspecified atom stereocenters. The van der Waals surface area contributed by atoms with E-state index in [0.717, 1.165) is 38.5 Å². The van der Waals surface area contributed by atoms with Crippen LogP contribution >= 0.6 is 0 Å². The van der Waals surface area contributed by atoms with E-state index >= 15 is 0 Å². The van der Waals surface area contributed by atoms with Gasteiger partial charge in [0.1, 0.15) is 6.04 Å². The van der Waals surface area contributed by atoms with E-state index in [-0.39, 0.29) is 12.0 Å². The summed E-state index contributed by atoms with van der Waals surface area (Å²) < 4.78 is 4.92. The number of piperazine rings is 1. The molecule has 0 bridgehead atoms. The van der Waals surface area contributed by atoms with Gasteiger partial charge in [-0.2, -0.15) is 0 Å². The number of carbonyl (C=O) groups excluding carboxylic acids is 1. The van der Waals surface area contributed by atoms with E-state index in [1.54, 1.807) is 0 Å². The first-order chi connectivity index (χ1) is 10.2. The van der Waals surface area contributed by atoms with Gasteiger partial charge >= 0.3 is 5.97 Å². The van der Waals surface area contributed by atoms with Crippen LogP contribution in [0.2, 0.25) is 0 Å². The first-order valence-corrected chi connectivity index (χ1v) is 8.45. The van der Waals surface area contributed by atoms with Gasteiger partial charge in [0, 0.05) is 31.7 Å². The van der Waals surface area contributed by atoms with Crippen molar-refractivity contribution < 1.29 is 9.53 Å². The maximum atomic E-state index is 11.8. The number of carbonyl (C=O) groups is 1. The molecule has 0 aromatic heterocycles. The number of methoxy groups -OCH3 is 1. The molecule has 0 amide bonds. The highest BCUT2D eigenvalue weighted by atomic mass is 16.5. The smallest absolute Gasteiger partial charge is 0.322 e. The molecule has 3 atom stereocenters. The maximum Gasteiger partial charge on any atom is 0.322 e. The van der Waals surface area contributed by atoms with E-state index in [0.29, 0.717) is 6.04 Å². The second kappa shape index (κ2) is 8.11. The molecule has 2 rings (SSSR count). The third-order valence-electron chi connectivity index (χ3n) is 4.90. The van der Waals surface area contributed by atoms with Crippen LogP contribution in [0, 0.1) is 0 Å². The molecule has 2 aliphatic heterocycles. The van der Waals surface area contributed by atoms with Crippen molar-refractivity contribution in [1.29, 1.82) is 0 Å².